The first kappa shape index (κ1) is 21.9. The molecule has 2 unspecified atom stereocenters. The maximum atomic E-state index is 13.7. The molecule has 0 bridgehead atoms. The summed E-state index contributed by atoms with van der Waals surface area (Å²) in [5.74, 6) is 3.06. The van der Waals surface area contributed by atoms with Gasteiger partial charge >= 0.3 is 6.03 Å². The largest absolute Gasteiger partial charge is 0.508 e. The number of rotatable bonds is 6. The normalized spacial score (nSPS) is 21.5. The number of hydrogen-bond donors (Lipinski definition) is 3. The summed E-state index contributed by atoms with van der Waals surface area (Å²) in [5, 5.41) is 14.2. The number of phenols is 1. The lowest BCUT2D eigenvalue weighted by molar-refractivity contribution is -0.133. The van der Waals surface area contributed by atoms with Crippen LogP contribution in [0.1, 0.15) is 29.8 Å². The average molecular weight is 459 g/mol. The molecule has 0 aliphatic carbocycles. The average Bonchev–Trinajstić information content (AvgIpc) is 3.27. The summed E-state index contributed by atoms with van der Waals surface area (Å²) in [6.45, 7) is 2.82. The van der Waals surface area contributed by atoms with E-state index < -0.39 is 11.6 Å². The van der Waals surface area contributed by atoms with Crippen molar-refractivity contribution in [2.75, 3.05) is 26.7 Å². The number of nitrogens with one attached hydrogen (secondary N) is 2. The molecule has 3 amide bonds. The van der Waals surface area contributed by atoms with Gasteiger partial charge in [-0.1, -0.05) is 18.1 Å². The molecule has 34 heavy (non-hydrogen) atoms. The number of phenolic OH excluding ortho intramolecular Hbond substituents is 1. The van der Waals surface area contributed by atoms with Crippen molar-refractivity contribution in [1.82, 2.24) is 20.1 Å². The summed E-state index contributed by atoms with van der Waals surface area (Å²) >= 11 is 0. The number of aromatic nitrogens is 1. The Kier molecular flexibility index (Phi) is 5.22. The highest BCUT2D eigenvalue weighted by Crippen LogP contribution is 2.49. The molecule has 8 heteroatoms. The van der Waals surface area contributed by atoms with Gasteiger partial charge in [0.2, 0.25) is 0 Å². The topological polar surface area (TPSA) is 97.9 Å². The van der Waals surface area contributed by atoms with Gasteiger partial charge in [-0.25, -0.2) is 4.79 Å². The van der Waals surface area contributed by atoms with E-state index in [1.807, 2.05) is 31.2 Å². The number of H-pyrrole nitrogens is 1. The number of aromatic hydroxyl groups is 1. The Hall–Kier alpha value is -3.96. The zero-order chi connectivity index (χ0) is 24.0. The smallest absolute Gasteiger partial charge is 0.328 e. The van der Waals surface area contributed by atoms with Crippen molar-refractivity contribution in [2.24, 2.45) is 0 Å². The molecule has 2 atom stereocenters. The first-order valence-electron chi connectivity index (χ1n) is 11.2. The van der Waals surface area contributed by atoms with E-state index in [2.05, 4.69) is 16.2 Å². The Morgan fingerprint density at radius 2 is 2.12 bits per heavy atom. The summed E-state index contributed by atoms with van der Waals surface area (Å²) in [5.41, 5.74) is 2.34. The fourth-order valence-corrected chi connectivity index (χ4v) is 5.21. The zero-order valence-electron chi connectivity index (χ0n) is 19.1. The molecule has 1 saturated heterocycles. The lowest BCUT2D eigenvalue weighted by atomic mass is 9.81. The fraction of sp³-hybridized carbons (Fsp3) is 0.308. The van der Waals surface area contributed by atoms with E-state index in [1.165, 1.54) is 4.90 Å². The molecule has 5 rings (SSSR count). The molecule has 2 aliphatic heterocycles. The van der Waals surface area contributed by atoms with Crippen LogP contribution in [-0.2, 0) is 11.2 Å². The molecule has 0 spiro atoms. The third-order valence-corrected chi connectivity index (χ3v) is 6.80. The number of nitrogens with zero attached hydrogens (tertiary/aromatic N) is 2. The Bertz CT molecular complexity index is 1340. The summed E-state index contributed by atoms with van der Waals surface area (Å²) < 4.78 is 5.43. The summed E-state index contributed by atoms with van der Waals surface area (Å²) in [7, 11) is 1.62. The number of benzene rings is 2. The molecule has 3 N–H and O–H groups in total. The van der Waals surface area contributed by atoms with Crippen molar-refractivity contribution in [3.8, 4) is 23.8 Å². The minimum absolute atomic E-state index is 0.0948. The second-order valence-corrected chi connectivity index (χ2v) is 8.87. The molecule has 8 nitrogen and oxygen atoms in total. The molecule has 3 aromatic rings. The maximum absolute atomic E-state index is 13.7. The number of hydrogen-bond acceptors (Lipinski definition) is 5. The van der Waals surface area contributed by atoms with E-state index in [4.69, 9.17) is 11.2 Å². The number of ether oxygens (including phenoxy) is 1. The van der Waals surface area contributed by atoms with E-state index in [0.717, 1.165) is 27.7 Å². The van der Waals surface area contributed by atoms with E-state index in [0.29, 0.717) is 25.3 Å². The minimum Gasteiger partial charge on any atom is -0.508 e. The van der Waals surface area contributed by atoms with Gasteiger partial charge in [0, 0.05) is 36.1 Å². The molecule has 1 fully saturated rings. The Morgan fingerprint density at radius 3 is 2.85 bits per heavy atom. The van der Waals surface area contributed by atoms with Crippen LogP contribution in [0.3, 0.4) is 0 Å². The van der Waals surface area contributed by atoms with Crippen molar-refractivity contribution in [3.05, 3.63) is 59.3 Å². The minimum atomic E-state index is -1.08. The van der Waals surface area contributed by atoms with Gasteiger partial charge in [-0.15, -0.1) is 6.42 Å². The van der Waals surface area contributed by atoms with Gasteiger partial charge in [0.25, 0.3) is 5.91 Å². The van der Waals surface area contributed by atoms with Crippen molar-refractivity contribution in [1.29, 1.82) is 0 Å². The van der Waals surface area contributed by atoms with Crippen molar-refractivity contribution in [2.45, 2.75) is 24.9 Å². The highest BCUT2D eigenvalue weighted by molar-refractivity contribution is 6.08. The van der Waals surface area contributed by atoms with Gasteiger partial charge in [-0.3, -0.25) is 14.6 Å². The van der Waals surface area contributed by atoms with Crippen LogP contribution in [0.15, 0.2) is 42.5 Å². The first-order chi connectivity index (χ1) is 16.4. The number of imide groups is 1. The number of fused-ring (bicyclic) bond motifs is 4. The monoisotopic (exact) mass is 458 g/mol. The van der Waals surface area contributed by atoms with Gasteiger partial charge in [-0.2, -0.15) is 0 Å². The van der Waals surface area contributed by atoms with Crippen LogP contribution in [0.25, 0.3) is 10.9 Å². The van der Waals surface area contributed by atoms with E-state index in [-0.39, 0.29) is 24.2 Å². The third kappa shape index (κ3) is 3.20. The highest BCUT2D eigenvalue weighted by Gasteiger charge is 2.60. The summed E-state index contributed by atoms with van der Waals surface area (Å²) in [6.07, 6.45) is 5.66. The SMILES string of the molecule is C#CCNCCN1C(=O)N2C(c3cccc(O)c3)c3[nH]c4ccc(OC)cc4c3CC2(C)C1=O. The van der Waals surface area contributed by atoms with E-state index in [1.54, 1.807) is 30.2 Å². The maximum Gasteiger partial charge on any atom is 0.328 e. The molecular formula is C26H26N4O4. The Morgan fingerprint density at radius 1 is 1.29 bits per heavy atom. The van der Waals surface area contributed by atoms with E-state index in [9.17, 15) is 14.7 Å². The second kappa shape index (κ2) is 8.12. The van der Waals surface area contributed by atoms with Crippen LogP contribution < -0.4 is 10.1 Å². The van der Waals surface area contributed by atoms with Gasteiger partial charge < -0.3 is 20.1 Å². The van der Waals surface area contributed by atoms with Crippen LogP contribution in [0.5, 0.6) is 11.5 Å². The van der Waals surface area contributed by atoms with Gasteiger partial charge in [0.05, 0.1) is 13.7 Å². The van der Waals surface area contributed by atoms with Crippen molar-refractivity contribution in [3.63, 3.8) is 0 Å². The van der Waals surface area contributed by atoms with Crippen LogP contribution in [0.4, 0.5) is 4.79 Å². The van der Waals surface area contributed by atoms with Crippen LogP contribution in [0.2, 0.25) is 0 Å². The van der Waals surface area contributed by atoms with Gasteiger partial charge in [0.1, 0.15) is 23.1 Å². The van der Waals surface area contributed by atoms with Gasteiger partial charge in [-0.05, 0) is 48.4 Å². The van der Waals surface area contributed by atoms with Crippen molar-refractivity contribution < 1.29 is 19.4 Å². The predicted molar refractivity (Wildman–Crippen MR) is 128 cm³/mol. The standard InChI is InChI=1S/C26H26N4O4/c1-4-10-27-11-12-29-24(32)26(2)15-20-19-14-18(34-3)8-9-21(19)28-22(20)23(30(26)25(29)33)16-6-5-7-17(31)13-16/h1,5-9,13-14,23,27-28,31H,10-12,15H2,2-3H3. The van der Waals surface area contributed by atoms with Crippen LogP contribution >= 0.6 is 0 Å². The zero-order valence-corrected chi connectivity index (χ0v) is 19.1. The van der Waals surface area contributed by atoms with Gasteiger partial charge in [0.15, 0.2) is 0 Å². The lowest BCUT2D eigenvalue weighted by Crippen LogP contribution is -2.53. The number of aromatic amines is 1. The third-order valence-electron chi connectivity index (χ3n) is 6.80. The predicted octanol–water partition coefficient (Wildman–Crippen LogP) is 2.77. The lowest BCUT2D eigenvalue weighted by Gasteiger charge is -2.42. The number of amides is 3. The van der Waals surface area contributed by atoms with Crippen molar-refractivity contribution >= 4 is 22.8 Å². The van der Waals surface area contributed by atoms with Crippen LogP contribution in [-0.4, -0.2) is 64.1 Å². The molecule has 2 aliphatic rings. The Balaban J connectivity index is 1.66. The van der Waals surface area contributed by atoms with Crippen LogP contribution in [0, 0.1) is 12.3 Å². The number of carbonyl (C=O) groups is 2. The molecule has 0 saturated carbocycles. The fourth-order valence-electron chi connectivity index (χ4n) is 5.21. The summed E-state index contributed by atoms with van der Waals surface area (Å²) in [4.78, 5) is 33.8. The summed E-state index contributed by atoms with van der Waals surface area (Å²) in [6, 6.07) is 11.7. The number of carbonyl (C=O) groups excluding carboxylic acids is 2. The molecule has 174 valence electrons. The van der Waals surface area contributed by atoms with E-state index >= 15 is 0 Å². The highest BCUT2D eigenvalue weighted by atomic mass is 16.5. The quantitative estimate of drug-likeness (QED) is 0.300. The molecule has 0 radical (unpaired) electrons. The Labute approximate surface area is 197 Å². The first-order valence-corrected chi connectivity index (χ1v) is 11.2. The molecule has 1 aromatic heterocycles. The number of methoxy groups -OCH3 is 1. The number of terminal acetylenes is 1. The molecule has 3 heterocycles. The second-order valence-electron chi connectivity index (χ2n) is 8.87. The molecule has 2 aromatic carbocycles. The molecular weight excluding hydrogens is 432 g/mol. The number of urea groups is 1.